The number of nitrogen functional groups attached to an aromatic ring is 1. The molecule has 1 aromatic heterocycles. The van der Waals surface area contributed by atoms with Crippen LogP contribution in [0.5, 0.6) is 0 Å². The first-order chi connectivity index (χ1) is 9.27. The van der Waals surface area contributed by atoms with Gasteiger partial charge in [0.05, 0.1) is 16.6 Å². The van der Waals surface area contributed by atoms with Crippen LogP contribution in [0.25, 0.3) is 10.2 Å². The number of hydrogen-bond acceptors (Lipinski definition) is 5. The van der Waals surface area contributed by atoms with Crippen LogP contribution in [0.3, 0.4) is 0 Å². The topological polar surface area (TPSA) is 105 Å². The number of aliphatic carboxylic acids is 1. The molecule has 1 amide bonds. The fourth-order valence-electron chi connectivity index (χ4n) is 1.89. The number of carbonyl (C=O) groups excluding carboxylic acids is 1. The minimum Gasteiger partial charge on any atom is -0.481 e. The second kappa shape index (κ2) is 5.09. The predicted octanol–water partition coefficient (Wildman–Crippen LogP) is 1.86. The third-order valence-corrected chi connectivity index (χ3v) is 3.56. The van der Waals surface area contributed by atoms with Gasteiger partial charge >= 0.3 is 5.97 Å². The molecule has 2 rings (SSSR count). The number of nitrogens with two attached hydrogens (primary N) is 1. The highest BCUT2D eigenvalue weighted by atomic mass is 32.1. The average molecular weight is 293 g/mol. The summed E-state index contributed by atoms with van der Waals surface area (Å²) >= 11 is 1.30. The molecule has 106 valence electrons. The lowest BCUT2D eigenvalue weighted by Crippen LogP contribution is -2.44. The van der Waals surface area contributed by atoms with Gasteiger partial charge in [-0.05, 0) is 32.0 Å². The minimum atomic E-state index is -0.957. The van der Waals surface area contributed by atoms with E-state index in [0.717, 1.165) is 10.2 Å². The maximum absolute atomic E-state index is 12.1. The van der Waals surface area contributed by atoms with E-state index in [-0.39, 0.29) is 12.3 Å². The van der Waals surface area contributed by atoms with Crippen LogP contribution in [0.2, 0.25) is 0 Å². The van der Waals surface area contributed by atoms with E-state index in [1.165, 1.54) is 11.3 Å². The predicted molar refractivity (Wildman–Crippen MR) is 77.8 cm³/mol. The molecule has 20 heavy (non-hydrogen) atoms. The number of nitrogens with zero attached hydrogens (tertiary/aromatic N) is 1. The van der Waals surface area contributed by atoms with Crippen molar-refractivity contribution < 1.29 is 14.7 Å². The summed E-state index contributed by atoms with van der Waals surface area (Å²) in [4.78, 5) is 27.0. The van der Waals surface area contributed by atoms with Crippen LogP contribution in [0, 0.1) is 0 Å². The van der Waals surface area contributed by atoms with Crippen LogP contribution in [0.15, 0.2) is 18.2 Å². The first-order valence-electron chi connectivity index (χ1n) is 5.97. The van der Waals surface area contributed by atoms with E-state index in [4.69, 9.17) is 10.8 Å². The number of aromatic nitrogens is 1. The molecule has 0 saturated carbocycles. The number of thiazole rings is 1. The molecule has 7 heteroatoms. The number of rotatable bonds is 4. The molecule has 0 aliphatic rings. The van der Waals surface area contributed by atoms with Gasteiger partial charge in [0, 0.05) is 11.1 Å². The van der Waals surface area contributed by atoms with Crippen molar-refractivity contribution >= 4 is 38.6 Å². The van der Waals surface area contributed by atoms with Crippen molar-refractivity contribution in [3.63, 3.8) is 0 Å². The molecule has 0 saturated heterocycles. The molecule has 0 aliphatic carbocycles. The zero-order chi connectivity index (χ0) is 14.9. The molecule has 2 aromatic rings. The van der Waals surface area contributed by atoms with Crippen molar-refractivity contribution in [2.24, 2.45) is 0 Å². The van der Waals surface area contributed by atoms with Crippen LogP contribution >= 0.6 is 11.3 Å². The van der Waals surface area contributed by atoms with Crippen molar-refractivity contribution in [1.29, 1.82) is 0 Å². The Bertz CT molecular complexity index is 679. The Hall–Kier alpha value is -2.15. The molecular weight excluding hydrogens is 278 g/mol. The van der Waals surface area contributed by atoms with Gasteiger partial charge in [0.1, 0.15) is 0 Å². The van der Waals surface area contributed by atoms with Gasteiger partial charge in [-0.3, -0.25) is 9.59 Å². The Morgan fingerprint density at radius 2 is 2.15 bits per heavy atom. The lowest BCUT2D eigenvalue weighted by atomic mass is 10.00. The molecule has 0 atom stereocenters. The van der Waals surface area contributed by atoms with Crippen molar-refractivity contribution in [3.8, 4) is 0 Å². The van der Waals surface area contributed by atoms with Gasteiger partial charge in [0.2, 0.25) is 0 Å². The van der Waals surface area contributed by atoms with Crippen molar-refractivity contribution in [1.82, 2.24) is 10.3 Å². The van der Waals surface area contributed by atoms with Crippen molar-refractivity contribution in [3.05, 3.63) is 23.8 Å². The number of carboxylic acid groups (broad SMARTS) is 1. The fourth-order valence-corrected chi connectivity index (χ4v) is 2.66. The van der Waals surface area contributed by atoms with E-state index < -0.39 is 11.5 Å². The van der Waals surface area contributed by atoms with Gasteiger partial charge in [0.15, 0.2) is 5.13 Å². The smallest absolute Gasteiger partial charge is 0.305 e. The number of nitrogens with one attached hydrogen (secondary N) is 1. The summed E-state index contributed by atoms with van der Waals surface area (Å²) in [5, 5.41) is 12.0. The number of carbonyl (C=O) groups is 2. The van der Waals surface area contributed by atoms with Crippen LogP contribution in [0.4, 0.5) is 5.13 Å². The molecule has 0 aliphatic heterocycles. The fraction of sp³-hybridized carbons (Fsp3) is 0.308. The summed E-state index contributed by atoms with van der Waals surface area (Å²) in [6.45, 7) is 3.34. The van der Waals surface area contributed by atoms with E-state index >= 15 is 0 Å². The normalized spacial score (nSPS) is 11.5. The minimum absolute atomic E-state index is 0.144. The van der Waals surface area contributed by atoms with Gasteiger partial charge in [0.25, 0.3) is 5.91 Å². The molecule has 0 radical (unpaired) electrons. The van der Waals surface area contributed by atoms with Gasteiger partial charge in [-0.1, -0.05) is 11.3 Å². The summed E-state index contributed by atoms with van der Waals surface area (Å²) < 4.78 is 0.825. The lowest BCUT2D eigenvalue weighted by Gasteiger charge is -2.24. The van der Waals surface area contributed by atoms with E-state index in [9.17, 15) is 9.59 Å². The maximum atomic E-state index is 12.1. The van der Waals surface area contributed by atoms with Crippen molar-refractivity contribution in [2.45, 2.75) is 25.8 Å². The lowest BCUT2D eigenvalue weighted by molar-refractivity contribution is -0.138. The van der Waals surface area contributed by atoms with E-state index in [1.54, 1.807) is 32.0 Å². The quantitative estimate of drug-likeness (QED) is 0.798. The summed E-state index contributed by atoms with van der Waals surface area (Å²) in [6, 6.07) is 5.07. The summed E-state index contributed by atoms with van der Waals surface area (Å²) in [5.74, 6) is -1.27. The molecule has 0 fully saturated rings. The van der Waals surface area contributed by atoms with E-state index in [1.807, 2.05) is 0 Å². The zero-order valence-corrected chi connectivity index (χ0v) is 12.0. The molecule has 1 heterocycles. The van der Waals surface area contributed by atoms with Crippen LogP contribution in [-0.2, 0) is 4.79 Å². The number of fused-ring (bicyclic) bond motifs is 1. The van der Waals surface area contributed by atoms with Crippen LogP contribution in [-0.4, -0.2) is 27.5 Å². The number of amides is 1. The number of benzene rings is 1. The Balaban J connectivity index is 2.20. The third-order valence-electron chi connectivity index (χ3n) is 2.71. The van der Waals surface area contributed by atoms with Gasteiger partial charge in [-0.15, -0.1) is 0 Å². The summed E-state index contributed by atoms with van der Waals surface area (Å²) in [6.07, 6.45) is -0.144. The molecule has 0 spiro atoms. The molecule has 1 aromatic carbocycles. The van der Waals surface area contributed by atoms with Crippen molar-refractivity contribution in [2.75, 3.05) is 5.73 Å². The Kier molecular flexibility index (Phi) is 3.63. The molecule has 4 N–H and O–H groups in total. The van der Waals surface area contributed by atoms with Gasteiger partial charge < -0.3 is 16.2 Å². The Labute approximate surface area is 119 Å². The summed E-state index contributed by atoms with van der Waals surface area (Å²) in [7, 11) is 0. The first-order valence-corrected chi connectivity index (χ1v) is 6.79. The largest absolute Gasteiger partial charge is 0.481 e. The Morgan fingerprint density at radius 3 is 2.80 bits per heavy atom. The molecule has 6 nitrogen and oxygen atoms in total. The number of anilines is 1. The van der Waals surface area contributed by atoms with Crippen LogP contribution in [0.1, 0.15) is 30.6 Å². The zero-order valence-electron chi connectivity index (χ0n) is 11.1. The molecule has 0 bridgehead atoms. The first kappa shape index (κ1) is 14.3. The summed E-state index contributed by atoms with van der Waals surface area (Å²) in [5.41, 5.74) is 6.00. The number of carboxylic acids is 1. The van der Waals surface area contributed by atoms with Crippen LogP contribution < -0.4 is 11.1 Å². The third kappa shape index (κ3) is 3.24. The Morgan fingerprint density at radius 1 is 1.45 bits per heavy atom. The highest BCUT2D eigenvalue weighted by Gasteiger charge is 2.24. The highest BCUT2D eigenvalue weighted by Crippen LogP contribution is 2.24. The molecular formula is C13H15N3O3S. The standard InChI is InChI=1S/C13H15N3O3S/c1-13(2,6-10(17)18)16-11(19)7-3-4-8-9(5-7)20-12(14)15-8/h3-5H,6H2,1-2H3,(H2,14,15)(H,16,19)(H,17,18). The van der Waals surface area contributed by atoms with Gasteiger partial charge in [-0.2, -0.15) is 0 Å². The number of hydrogen-bond donors (Lipinski definition) is 3. The van der Waals surface area contributed by atoms with E-state index in [0.29, 0.717) is 10.7 Å². The highest BCUT2D eigenvalue weighted by molar-refractivity contribution is 7.22. The second-order valence-electron chi connectivity index (χ2n) is 5.14. The van der Waals surface area contributed by atoms with E-state index in [2.05, 4.69) is 10.3 Å². The molecule has 0 unspecified atom stereocenters. The van der Waals surface area contributed by atoms with Gasteiger partial charge in [-0.25, -0.2) is 4.98 Å². The average Bonchev–Trinajstić information content (AvgIpc) is 2.64. The SMILES string of the molecule is CC(C)(CC(=O)O)NC(=O)c1ccc2nc(N)sc2c1. The maximum Gasteiger partial charge on any atom is 0.305 e. The monoisotopic (exact) mass is 293 g/mol. The second-order valence-corrected chi connectivity index (χ2v) is 6.21.